The van der Waals surface area contributed by atoms with E-state index in [1.54, 1.807) is 0 Å². The van der Waals surface area contributed by atoms with Crippen molar-refractivity contribution >= 4 is 18.6 Å². The molecule has 1 aromatic carbocycles. The maximum atomic E-state index is 12.1. The lowest BCUT2D eigenvalue weighted by atomic mass is 10.2. The number of carboxylic acid groups (broad SMARTS) is 1. The highest BCUT2D eigenvalue weighted by Crippen LogP contribution is 2.31. The van der Waals surface area contributed by atoms with E-state index in [1.807, 2.05) is 0 Å². The number of carbonyl (C=O) groups is 1. The third-order valence-corrected chi connectivity index (χ3v) is 1.37. The molecule has 1 aromatic rings. The summed E-state index contributed by atoms with van der Waals surface area (Å²) in [7, 11) is 0. The third kappa shape index (κ3) is 4.07. The fourth-order valence-electron chi connectivity index (χ4n) is 0.837. The highest BCUT2D eigenvalue weighted by Gasteiger charge is 2.30. The molecule has 0 aliphatic rings. The normalized spacial score (nSPS) is 10.3. The molecule has 0 saturated carbocycles. The first-order valence-corrected chi connectivity index (χ1v) is 3.47. The summed E-state index contributed by atoms with van der Waals surface area (Å²) in [4.78, 5) is 10.0. The maximum absolute atomic E-state index is 12.1. The van der Waals surface area contributed by atoms with Crippen LogP contribution in [0.1, 0.15) is 5.56 Å². The van der Waals surface area contributed by atoms with Gasteiger partial charge in [-0.15, -0.1) is 12.4 Å². The number of alkyl halides is 3. The van der Waals surface area contributed by atoms with Crippen molar-refractivity contribution in [3.8, 4) is 5.75 Å². The van der Waals surface area contributed by atoms with Gasteiger partial charge in [0.2, 0.25) is 0 Å². The summed E-state index contributed by atoms with van der Waals surface area (Å²) >= 11 is 0. The molecule has 0 atom stereocenters. The van der Waals surface area contributed by atoms with Crippen LogP contribution in [0.15, 0.2) is 24.3 Å². The molecule has 0 spiro atoms. The number of benzene rings is 1. The zero-order valence-electron chi connectivity index (χ0n) is 7.12. The number of hydrogen-bond acceptors (Lipinski definition) is 2. The molecule has 15 heavy (non-hydrogen) atoms. The van der Waals surface area contributed by atoms with Gasteiger partial charge in [0.15, 0.2) is 0 Å². The molecule has 0 bridgehead atoms. The first kappa shape index (κ1) is 13.6. The zero-order chi connectivity index (χ0) is 10.8. The summed E-state index contributed by atoms with van der Waals surface area (Å²) in [6, 6.07) is 3.65. The van der Waals surface area contributed by atoms with Crippen molar-refractivity contribution in [1.82, 2.24) is 0 Å². The average Bonchev–Trinajstić information content (AvgIpc) is 2.01. The molecule has 0 saturated heterocycles. The van der Waals surface area contributed by atoms with Crippen LogP contribution in [0.4, 0.5) is 18.0 Å². The summed E-state index contributed by atoms with van der Waals surface area (Å²) in [5, 5.41) is 8.16. The molecule has 0 heterocycles. The van der Waals surface area contributed by atoms with Gasteiger partial charge in [-0.1, -0.05) is 6.07 Å². The number of ether oxygens (including phenoxy) is 1. The lowest BCUT2D eigenvalue weighted by Gasteiger charge is -2.07. The number of halogens is 4. The van der Waals surface area contributed by atoms with Gasteiger partial charge < -0.3 is 9.84 Å². The second-order valence-electron chi connectivity index (χ2n) is 2.39. The van der Waals surface area contributed by atoms with Crippen LogP contribution in [0.25, 0.3) is 0 Å². The Labute approximate surface area is 88.9 Å². The fourth-order valence-corrected chi connectivity index (χ4v) is 0.837. The summed E-state index contributed by atoms with van der Waals surface area (Å²) in [6.07, 6.45) is -6.15. The molecule has 7 heteroatoms. The van der Waals surface area contributed by atoms with Crippen LogP contribution in [0.3, 0.4) is 0 Å². The predicted molar refractivity (Wildman–Crippen MR) is 47.3 cm³/mol. The second kappa shape index (κ2) is 4.88. The Kier molecular flexibility index (Phi) is 4.41. The van der Waals surface area contributed by atoms with Crippen molar-refractivity contribution < 1.29 is 27.8 Å². The monoisotopic (exact) mass is 242 g/mol. The van der Waals surface area contributed by atoms with Gasteiger partial charge in [-0.25, -0.2) is 4.79 Å². The maximum Gasteiger partial charge on any atom is 0.511 e. The summed E-state index contributed by atoms with van der Waals surface area (Å²) < 4.78 is 40.4. The number of rotatable bonds is 1. The van der Waals surface area contributed by atoms with Crippen LogP contribution in [-0.4, -0.2) is 11.3 Å². The van der Waals surface area contributed by atoms with Gasteiger partial charge in [-0.3, -0.25) is 0 Å². The minimum atomic E-state index is -4.50. The van der Waals surface area contributed by atoms with Crippen LogP contribution < -0.4 is 4.74 Å². The molecule has 1 N–H and O–H groups in total. The SMILES string of the molecule is Cl.O=C(O)Oc1cccc(C(F)(F)F)c1. The minimum Gasteiger partial charge on any atom is -0.449 e. The van der Waals surface area contributed by atoms with Crippen LogP contribution in [0, 0.1) is 0 Å². The van der Waals surface area contributed by atoms with Gasteiger partial charge in [-0.05, 0) is 18.2 Å². The Morgan fingerprint density at radius 3 is 2.40 bits per heavy atom. The molecule has 84 valence electrons. The third-order valence-electron chi connectivity index (χ3n) is 1.37. The zero-order valence-corrected chi connectivity index (χ0v) is 7.93. The van der Waals surface area contributed by atoms with E-state index in [0.29, 0.717) is 6.07 Å². The van der Waals surface area contributed by atoms with Crippen molar-refractivity contribution in [3.05, 3.63) is 29.8 Å². The first-order valence-electron chi connectivity index (χ1n) is 3.47. The van der Waals surface area contributed by atoms with Crippen molar-refractivity contribution in [3.63, 3.8) is 0 Å². The molecule has 0 unspecified atom stereocenters. The Balaban J connectivity index is 0.00000196. The van der Waals surface area contributed by atoms with Gasteiger partial charge >= 0.3 is 12.3 Å². The molecule has 0 fully saturated rings. The van der Waals surface area contributed by atoms with E-state index in [0.717, 1.165) is 18.2 Å². The van der Waals surface area contributed by atoms with E-state index in [9.17, 15) is 18.0 Å². The van der Waals surface area contributed by atoms with Crippen molar-refractivity contribution in [1.29, 1.82) is 0 Å². The Morgan fingerprint density at radius 1 is 1.33 bits per heavy atom. The first-order chi connectivity index (χ1) is 6.39. The van der Waals surface area contributed by atoms with E-state index in [-0.39, 0.29) is 18.2 Å². The molecular weight excluding hydrogens is 237 g/mol. The van der Waals surface area contributed by atoms with Crippen LogP contribution in [0.2, 0.25) is 0 Å². The molecule has 0 radical (unpaired) electrons. The van der Waals surface area contributed by atoms with E-state index < -0.39 is 17.9 Å². The highest BCUT2D eigenvalue weighted by atomic mass is 35.5. The minimum absolute atomic E-state index is 0. The standard InChI is InChI=1S/C8H5F3O3.ClH/c9-8(10,11)5-2-1-3-6(4-5)14-7(12)13;/h1-4H,(H,12,13);1H. The van der Waals surface area contributed by atoms with Gasteiger partial charge in [0.1, 0.15) is 5.75 Å². The Morgan fingerprint density at radius 2 is 1.93 bits per heavy atom. The second-order valence-corrected chi connectivity index (χ2v) is 2.39. The lowest BCUT2D eigenvalue weighted by Crippen LogP contribution is -2.07. The smallest absolute Gasteiger partial charge is 0.449 e. The van der Waals surface area contributed by atoms with Gasteiger partial charge in [0.25, 0.3) is 0 Å². The Hall–Kier alpha value is -1.43. The Bertz CT molecular complexity index is 351. The predicted octanol–water partition coefficient (Wildman–Crippen LogP) is 3.18. The molecule has 0 aliphatic carbocycles. The van der Waals surface area contributed by atoms with Crippen molar-refractivity contribution in [2.45, 2.75) is 6.18 Å². The van der Waals surface area contributed by atoms with E-state index >= 15 is 0 Å². The van der Waals surface area contributed by atoms with Gasteiger partial charge in [0, 0.05) is 0 Å². The summed E-state index contributed by atoms with van der Waals surface area (Å²) in [5.74, 6) is -0.354. The molecule has 0 aromatic heterocycles. The van der Waals surface area contributed by atoms with Crippen LogP contribution in [-0.2, 0) is 6.18 Å². The topological polar surface area (TPSA) is 46.5 Å². The van der Waals surface area contributed by atoms with E-state index in [2.05, 4.69) is 4.74 Å². The lowest BCUT2D eigenvalue weighted by molar-refractivity contribution is -0.137. The fraction of sp³-hybridized carbons (Fsp3) is 0.125. The van der Waals surface area contributed by atoms with Crippen molar-refractivity contribution in [2.24, 2.45) is 0 Å². The molecule has 3 nitrogen and oxygen atoms in total. The molecule has 0 aliphatic heterocycles. The number of hydrogen-bond donors (Lipinski definition) is 1. The quantitative estimate of drug-likeness (QED) is 0.608. The van der Waals surface area contributed by atoms with Crippen molar-refractivity contribution in [2.75, 3.05) is 0 Å². The summed E-state index contributed by atoms with van der Waals surface area (Å²) in [5.41, 5.74) is -0.948. The molecule has 0 amide bonds. The van der Waals surface area contributed by atoms with Crippen LogP contribution >= 0.6 is 12.4 Å². The summed E-state index contributed by atoms with van der Waals surface area (Å²) in [6.45, 7) is 0. The van der Waals surface area contributed by atoms with Gasteiger partial charge in [0.05, 0.1) is 5.56 Å². The van der Waals surface area contributed by atoms with Gasteiger partial charge in [-0.2, -0.15) is 13.2 Å². The van der Waals surface area contributed by atoms with E-state index in [1.165, 1.54) is 0 Å². The highest BCUT2D eigenvalue weighted by molar-refractivity contribution is 5.85. The largest absolute Gasteiger partial charge is 0.511 e. The average molecular weight is 243 g/mol. The molecule has 1 rings (SSSR count). The van der Waals surface area contributed by atoms with Crippen LogP contribution in [0.5, 0.6) is 5.75 Å². The molecular formula is C8H6ClF3O3. The van der Waals surface area contributed by atoms with E-state index in [4.69, 9.17) is 5.11 Å².